The monoisotopic (exact) mass is 268 g/mol. The number of aryl methyl sites for hydroxylation is 1. The number of nitrogens with two attached hydrogens (primary N) is 1. The lowest BCUT2D eigenvalue weighted by molar-refractivity contribution is 0.602. The van der Waals surface area contributed by atoms with E-state index in [-0.39, 0.29) is 0 Å². The second kappa shape index (κ2) is 5.59. The Morgan fingerprint density at radius 2 is 1.85 bits per heavy atom. The Balaban J connectivity index is 1.76. The second-order valence-electron chi connectivity index (χ2n) is 5.47. The predicted molar refractivity (Wildman–Crippen MR) is 81.6 cm³/mol. The van der Waals surface area contributed by atoms with Crippen LogP contribution in [0.2, 0.25) is 0 Å². The van der Waals surface area contributed by atoms with Gasteiger partial charge < -0.3 is 10.6 Å². The number of benzene rings is 1. The normalized spacial score (nSPS) is 18.5. The van der Waals surface area contributed by atoms with Crippen LogP contribution in [0.3, 0.4) is 0 Å². The molecule has 2 heterocycles. The zero-order valence-electron chi connectivity index (χ0n) is 11.8. The molecule has 3 rings (SSSR count). The average molecular weight is 268 g/mol. The van der Waals surface area contributed by atoms with Gasteiger partial charge in [-0.15, -0.1) is 0 Å². The molecule has 4 heteroatoms. The van der Waals surface area contributed by atoms with E-state index in [0.29, 0.717) is 5.92 Å². The maximum Gasteiger partial charge on any atom is 0.225 e. The molecule has 1 aliphatic rings. The Bertz CT molecular complexity index is 562. The fourth-order valence-electron chi connectivity index (χ4n) is 2.59. The minimum Gasteiger partial charge on any atom is -0.340 e. The molecule has 20 heavy (non-hydrogen) atoms. The Labute approximate surface area is 119 Å². The van der Waals surface area contributed by atoms with Crippen molar-refractivity contribution in [3.63, 3.8) is 0 Å². The molecule has 1 saturated heterocycles. The van der Waals surface area contributed by atoms with Crippen LogP contribution in [0.5, 0.6) is 0 Å². The first-order chi connectivity index (χ1) is 9.76. The van der Waals surface area contributed by atoms with E-state index in [9.17, 15) is 0 Å². The molecule has 0 radical (unpaired) electrons. The van der Waals surface area contributed by atoms with Gasteiger partial charge in [0.15, 0.2) is 0 Å². The van der Waals surface area contributed by atoms with Gasteiger partial charge in [0.05, 0.1) is 0 Å². The Morgan fingerprint density at radius 3 is 2.45 bits per heavy atom. The first-order valence-corrected chi connectivity index (χ1v) is 7.10. The van der Waals surface area contributed by atoms with Crippen molar-refractivity contribution in [2.75, 3.05) is 24.5 Å². The van der Waals surface area contributed by atoms with Gasteiger partial charge >= 0.3 is 0 Å². The van der Waals surface area contributed by atoms with Crippen LogP contribution in [-0.4, -0.2) is 29.6 Å². The highest BCUT2D eigenvalue weighted by Gasteiger charge is 2.22. The van der Waals surface area contributed by atoms with Crippen molar-refractivity contribution in [2.24, 2.45) is 11.7 Å². The summed E-state index contributed by atoms with van der Waals surface area (Å²) in [6.07, 6.45) is 4.95. The Kier molecular flexibility index (Phi) is 3.65. The Hall–Kier alpha value is -1.94. The molecule has 1 fully saturated rings. The number of hydrogen-bond donors (Lipinski definition) is 1. The molecule has 2 N–H and O–H groups in total. The van der Waals surface area contributed by atoms with Crippen molar-refractivity contribution >= 4 is 5.95 Å². The van der Waals surface area contributed by atoms with Gasteiger partial charge in [0, 0.05) is 31.0 Å². The molecule has 1 unspecified atom stereocenters. The summed E-state index contributed by atoms with van der Waals surface area (Å²) in [6.45, 7) is 4.81. The molecule has 0 aliphatic carbocycles. The average Bonchev–Trinajstić information content (AvgIpc) is 2.97. The summed E-state index contributed by atoms with van der Waals surface area (Å²) >= 11 is 0. The summed E-state index contributed by atoms with van der Waals surface area (Å²) in [4.78, 5) is 11.2. The van der Waals surface area contributed by atoms with Crippen LogP contribution in [0.25, 0.3) is 11.1 Å². The fourth-order valence-corrected chi connectivity index (χ4v) is 2.59. The summed E-state index contributed by atoms with van der Waals surface area (Å²) in [5, 5.41) is 0. The molecule has 0 bridgehead atoms. The van der Waals surface area contributed by atoms with Gasteiger partial charge in [0.25, 0.3) is 0 Å². The highest BCUT2D eigenvalue weighted by molar-refractivity contribution is 5.62. The van der Waals surface area contributed by atoms with Crippen LogP contribution in [-0.2, 0) is 0 Å². The molecule has 0 amide bonds. The number of aromatic nitrogens is 2. The van der Waals surface area contributed by atoms with Crippen LogP contribution < -0.4 is 10.6 Å². The lowest BCUT2D eigenvalue weighted by atomic mass is 10.1. The van der Waals surface area contributed by atoms with Gasteiger partial charge in [-0.05, 0) is 31.4 Å². The minimum atomic E-state index is 0.579. The van der Waals surface area contributed by atoms with Crippen LogP contribution in [0.1, 0.15) is 12.0 Å². The van der Waals surface area contributed by atoms with Crippen molar-refractivity contribution in [3.05, 3.63) is 42.2 Å². The maximum absolute atomic E-state index is 5.72. The van der Waals surface area contributed by atoms with Gasteiger partial charge in [0.2, 0.25) is 5.95 Å². The van der Waals surface area contributed by atoms with Crippen molar-refractivity contribution in [3.8, 4) is 11.1 Å². The molecule has 0 saturated carbocycles. The number of hydrogen-bond acceptors (Lipinski definition) is 4. The number of nitrogens with zero attached hydrogens (tertiary/aromatic N) is 3. The zero-order valence-corrected chi connectivity index (χ0v) is 11.8. The molecule has 1 aliphatic heterocycles. The van der Waals surface area contributed by atoms with Gasteiger partial charge in [0.1, 0.15) is 0 Å². The number of rotatable bonds is 3. The smallest absolute Gasteiger partial charge is 0.225 e. The molecule has 1 aromatic carbocycles. The van der Waals surface area contributed by atoms with Crippen LogP contribution in [0.15, 0.2) is 36.7 Å². The van der Waals surface area contributed by atoms with E-state index in [2.05, 4.69) is 46.1 Å². The van der Waals surface area contributed by atoms with Crippen LogP contribution >= 0.6 is 0 Å². The fraction of sp³-hybridized carbons (Fsp3) is 0.375. The van der Waals surface area contributed by atoms with Crippen LogP contribution in [0.4, 0.5) is 5.95 Å². The van der Waals surface area contributed by atoms with Gasteiger partial charge in [-0.25, -0.2) is 9.97 Å². The van der Waals surface area contributed by atoms with Crippen molar-refractivity contribution in [1.29, 1.82) is 0 Å². The van der Waals surface area contributed by atoms with Crippen molar-refractivity contribution < 1.29 is 0 Å². The van der Waals surface area contributed by atoms with E-state index >= 15 is 0 Å². The number of anilines is 1. The van der Waals surface area contributed by atoms with Gasteiger partial charge in [-0.2, -0.15) is 0 Å². The third kappa shape index (κ3) is 2.65. The van der Waals surface area contributed by atoms with E-state index in [4.69, 9.17) is 5.73 Å². The summed E-state index contributed by atoms with van der Waals surface area (Å²) in [5.41, 5.74) is 9.19. The lowest BCUT2D eigenvalue weighted by Crippen LogP contribution is -2.24. The highest BCUT2D eigenvalue weighted by atomic mass is 15.3. The molecule has 1 atom stereocenters. The largest absolute Gasteiger partial charge is 0.340 e. The molecule has 0 spiro atoms. The quantitative estimate of drug-likeness (QED) is 0.927. The molecule has 1 aromatic heterocycles. The van der Waals surface area contributed by atoms with E-state index in [1.165, 1.54) is 5.56 Å². The first-order valence-electron chi connectivity index (χ1n) is 7.10. The zero-order chi connectivity index (χ0) is 13.9. The summed E-state index contributed by atoms with van der Waals surface area (Å²) < 4.78 is 0. The topological polar surface area (TPSA) is 55.0 Å². The molecular formula is C16H20N4. The lowest BCUT2D eigenvalue weighted by Gasteiger charge is -2.16. The summed E-state index contributed by atoms with van der Waals surface area (Å²) in [6, 6.07) is 8.42. The highest BCUT2D eigenvalue weighted by Crippen LogP contribution is 2.22. The standard InChI is InChI=1S/C16H20N4/c1-12-2-4-14(5-3-12)15-9-18-16(19-10-15)20-7-6-13(8-17)11-20/h2-5,9-10,13H,6-8,11,17H2,1H3. The predicted octanol–water partition coefficient (Wildman–Crippen LogP) is 2.24. The van der Waals surface area contributed by atoms with Crippen molar-refractivity contribution in [2.45, 2.75) is 13.3 Å². The summed E-state index contributed by atoms with van der Waals surface area (Å²) in [5.74, 6) is 1.40. The third-order valence-electron chi connectivity index (χ3n) is 3.93. The van der Waals surface area contributed by atoms with Crippen LogP contribution in [0, 0.1) is 12.8 Å². The van der Waals surface area contributed by atoms with Gasteiger partial charge in [-0.1, -0.05) is 29.8 Å². The molecule has 2 aromatic rings. The minimum absolute atomic E-state index is 0.579. The van der Waals surface area contributed by atoms with E-state index in [0.717, 1.165) is 43.1 Å². The van der Waals surface area contributed by atoms with E-state index < -0.39 is 0 Å². The SMILES string of the molecule is Cc1ccc(-c2cnc(N3CCC(CN)C3)nc2)cc1. The van der Waals surface area contributed by atoms with E-state index in [1.807, 2.05) is 12.4 Å². The second-order valence-corrected chi connectivity index (χ2v) is 5.47. The first kappa shape index (κ1) is 13.1. The Morgan fingerprint density at radius 1 is 1.15 bits per heavy atom. The van der Waals surface area contributed by atoms with E-state index in [1.54, 1.807) is 0 Å². The van der Waals surface area contributed by atoms with Gasteiger partial charge in [-0.3, -0.25) is 0 Å². The molecule has 104 valence electrons. The molecular weight excluding hydrogens is 248 g/mol. The van der Waals surface area contributed by atoms with Crippen molar-refractivity contribution in [1.82, 2.24) is 9.97 Å². The molecule has 4 nitrogen and oxygen atoms in total. The maximum atomic E-state index is 5.72. The third-order valence-corrected chi connectivity index (χ3v) is 3.93. The summed E-state index contributed by atoms with van der Waals surface area (Å²) in [7, 11) is 0.